The van der Waals surface area contributed by atoms with Crippen LogP contribution in [0.4, 0.5) is 11.6 Å². The fraction of sp³-hybridized carbons (Fsp3) is 0.297. The number of hydrogen-bond donors (Lipinski definition) is 8. The van der Waals surface area contributed by atoms with E-state index in [4.69, 9.17) is 25.9 Å². The fourth-order valence-electron chi connectivity index (χ4n) is 5.03. The van der Waals surface area contributed by atoms with Gasteiger partial charge < -0.3 is 41.1 Å². The van der Waals surface area contributed by atoms with Crippen molar-refractivity contribution in [1.82, 2.24) is 41.1 Å². The first kappa shape index (κ1) is 46.0. The highest BCUT2D eigenvalue weighted by Crippen LogP contribution is 2.15. The van der Waals surface area contributed by atoms with Crippen LogP contribution in [0, 0.1) is 0 Å². The minimum Gasteiger partial charge on any atom is -0.480 e. The number of hydroxylamine groups is 2. The maximum Gasteiger partial charge on any atom is 0.363 e. The van der Waals surface area contributed by atoms with Gasteiger partial charge in [-0.15, -0.1) is 5.06 Å². The van der Waals surface area contributed by atoms with Crippen LogP contribution in [0.25, 0.3) is 11.2 Å². The third kappa shape index (κ3) is 14.6. The number of amides is 5. The number of imide groups is 1. The Morgan fingerprint density at radius 1 is 0.902 bits per heavy atom. The molecule has 0 saturated carbocycles. The number of carbonyl (C=O) groups is 8. The van der Waals surface area contributed by atoms with Crippen molar-refractivity contribution in [3.05, 3.63) is 87.5 Å². The Balaban J connectivity index is 0.000000377. The van der Waals surface area contributed by atoms with Gasteiger partial charge in [-0.05, 0) is 42.8 Å². The number of anilines is 2. The summed E-state index contributed by atoms with van der Waals surface area (Å²) in [5, 5.41) is 18.1. The minimum atomic E-state index is -1.28. The van der Waals surface area contributed by atoms with Crippen molar-refractivity contribution in [2.75, 3.05) is 44.0 Å². The molecule has 0 bridgehead atoms. The normalized spacial score (nSPS) is 12.4. The summed E-state index contributed by atoms with van der Waals surface area (Å²) in [5.41, 5.74) is 8.98. The van der Waals surface area contributed by atoms with Gasteiger partial charge in [0.2, 0.25) is 11.9 Å². The number of aldehydes is 1. The molecule has 1 unspecified atom stereocenters. The molecule has 24 nitrogen and oxygen atoms in total. The number of aromatic nitrogens is 4. The van der Waals surface area contributed by atoms with Gasteiger partial charge in [0.05, 0.1) is 43.8 Å². The molecule has 2 aromatic carbocycles. The third-order valence-electron chi connectivity index (χ3n) is 8.17. The van der Waals surface area contributed by atoms with E-state index in [1.807, 2.05) is 5.43 Å². The topological polar surface area (TPSA) is 359 Å². The lowest BCUT2D eigenvalue weighted by molar-refractivity contribution is -0.172. The highest BCUT2D eigenvalue weighted by Gasteiger charge is 2.33. The van der Waals surface area contributed by atoms with E-state index in [-0.39, 0.29) is 93.4 Å². The lowest BCUT2D eigenvalue weighted by Gasteiger charge is -2.15. The van der Waals surface area contributed by atoms with Crippen LogP contribution in [0.15, 0.2) is 59.5 Å². The van der Waals surface area contributed by atoms with E-state index in [0.29, 0.717) is 28.3 Å². The lowest BCUT2D eigenvalue weighted by Crippen LogP contribution is -2.41. The average Bonchev–Trinajstić information content (AvgIpc) is 3.57. The smallest absolute Gasteiger partial charge is 0.363 e. The second-order valence-corrected chi connectivity index (χ2v) is 12.6. The van der Waals surface area contributed by atoms with Crippen molar-refractivity contribution in [2.24, 2.45) is 5.84 Å². The Hall–Kier alpha value is -7.70. The van der Waals surface area contributed by atoms with E-state index in [2.05, 4.69) is 35.9 Å². The van der Waals surface area contributed by atoms with Crippen LogP contribution in [-0.2, 0) is 44.8 Å². The zero-order valence-corrected chi connectivity index (χ0v) is 32.2. The van der Waals surface area contributed by atoms with Crippen LogP contribution >= 0.6 is 0 Å². The number of benzene rings is 2. The summed E-state index contributed by atoms with van der Waals surface area (Å²) in [6.07, 6.45) is 1.94. The number of aliphatic carboxylic acids is 1. The molecule has 5 rings (SSSR count). The maximum absolute atomic E-state index is 12.6. The monoisotopic (exact) mass is 847 g/mol. The van der Waals surface area contributed by atoms with Gasteiger partial charge >= 0.3 is 11.9 Å². The molecule has 1 fully saturated rings. The number of carboxylic acids is 1. The molecule has 0 spiro atoms. The summed E-state index contributed by atoms with van der Waals surface area (Å²) in [7, 11) is 0. The highest BCUT2D eigenvalue weighted by molar-refractivity contribution is 6.03. The Morgan fingerprint density at radius 3 is 2.23 bits per heavy atom. The first-order chi connectivity index (χ1) is 29.3. The van der Waals surface area contributed by atoms with Gasteiger partial charge in [0, 0.05) is 42.6 Å². The Labute approximate surface area is 344 Å². The van der Waals surface area contributed by atoms with Gasteiger partial charge in [-0.2, -0.15) is 4.98 Å². The molecule has 1 saturated heterocycles. The van der Waals surface area contributed by atoms with Gasteiger partial charge in [-0.3, -0.25) is 44.0 Å². The molecule has 10 N–H and O–H groups in total. The van der Waals surface area contributed by atoms with Gasteiger partial charge in [0.1, 0.15) is 18.9 Å². The van der Waals surface area contributed by atoms with Crippen molar-refractivity contribution >= 4 is 70.6 Å². The summed E-state index contributed by atoms with van der Waals surface area (Å²) in [6, 6.07) is 10.6. The van der Waals surface area contributed by atoms with Gasteiger partial charge in [0.15, 0.2) is 11.2 Å². The van der Waals surface area contributed by atoms with Crippen LogP contribution in [0.3, 0.4) is 0 Å². The molecule has 0 radical (unpaired) electrons. The summed E-state index contributed by atoms with van der Waals surface area (Å²) in [4.78, 5) is 123. The molecule has 1 atom stereocenters. The van der Waals surface area contributed by atoms with Gasteiger partial charge in [-0.25, -0.2) is 25.4 Å². The molecule has 0 aliphatic carbocycles. The van der Waals surface area contributed by atoms with Crippen LogP contribution in [0.2, 0.25) is 0 Å². The maximum atomic E-state index is 12.6. The molecule has 24 heteroatoms. The number of hydrogen-bond acceptors (Lipinski definition) is 18. The first-order valence-corrected chi connectivity index (χ1v) is 18.2. The molecule has 1 aliphatic heterocycles. The summed E-state index contributed by atoms with van der Waals surface area (Å²) in [5.74, 6) is 0.218. The standard InChI is InChI=1S/C25H32N10O8.C12H9NO5/c26-25-33-21-20(23(39)34-25)31-16(12-30-21)11-29-15-3-1-14(2-4-15)22(38)32-17(24(40)41)5-6-18(36)28-7-8-42-9-10-43-13-19(37)35-27;14-7-8-1-3-9(4-2-8)12(17)18-13-10(15)5-6-11(13)16/h1-4,12,17,29H,5-11,13,27H2,(H,28,36)(H,32,38)(H,35,37)(H,40,41)(H3,26,30,33,34,39);1-4,7H,5-6H2. The van der Waals surface area contributed by atoms with E-state index in [1.54, 1.807) is 12.1 Å². The average molecular weight is 848 g/mol. The lowest BCUT2D eigenvalue weighted by atomic mass is 10.1. The molecular weight excluding hydrogens is 806 g/mol. The zero-order valence-electron chi connectivity index (χ0n) is 32.2. The first-order valence-electron chi connectivity index (χ1n) is 18.2. The number of carbonyl (C=O) groups excluding carboxylic acids is 7. The number of hydrazine groups is 1. The van der Waals surface area contributed by atoms with Crippen molar-refractivity contribution in [1.29, 1.82) is 0 Å². The van der Waals surface area contributed by atoms with Crippen molar-refractivity contribution in [3.8, 4) is 0 Å². The third-order valence-corrected chi connectivity index (χ3v) is 8.17. The number of fused-ring (bicyclic) bond motifs is 1. The number of rotatable bonds is 20. The Bertz CT molecular complexity index is 2270. The predicted molar refractivity (Wildman–Crippen MR) is 210 cm³/mol. The summed E-state index contributed by atoms with van der Waals surface area (Å²) < 4.78 is 10.3. The van der Waals surface area contributed by atoms with Crippen molar-refractivity contribution in [2.45, 2.75) is 38.3 Å². The molecule has 322 valence electrons. The second-order valence-electron chi connectivity index (χ2n) is 12.6. The summed E-state index contributed by atoms with van der Waals surface area (Å²) >= 11 is 0. The number of nitrogen functional groups attached to an aromatic ring is 1. The van der Waals surface area contributed by atoms with Crippen LogP contribution in [0.1, 0.15) is 62.5 Å². The number of aromatic amines is 1. The fourth-order valence-corrected chi connectivity index (χ4v) is 5.03. The minimum absolute atomic E-state index is 0.0505. The number of H-pyrrole nitrogens is 1. The second kappa shape index (κ2) is 23.0. The molecule has 61 heavy (non-hydrogen) atoms. The molecule has 1 aliphatic rings. The molecule has 3 heterocycles. The largest absolute Gasteiger partial charge is 0.480 e. The number of nitrogens with one attached hydrogen (secondary N) is 5. The van der Waals surface area contributed by atoms with Crippen LogP contribution in [-0.4, -0.2) is 117 Å². The molecule has 5 amide bonds. The van der Waals surface area contributed by atoms with E-state index >= 15 is 0 Å². The van der Waals surface area contributed by atoms with Gasteiger partial charge in [-0.1, -0.05) is 12.1 Å². The molecule has 2 aromatic heterocycles. The van der Waals surface area contributed by atoms with Crippen molar-refractivity contribution < 1.29 is 57.8 Å². The summed E-state index contributed by atoms with van der Waals surface area (Å²) in [6.45, 7) is 0.766. The van der Waals surface area contributed by atoms with E-state index in [1.165, 1.54) is 42.6 Å². The Kier molecular flexibility index (Phi) is 17.4. The Morgan fingerprint density at radius 2 is 1.57 bits per heavy atom. The quantitative estimate of drug-likeness (QED) is 0.0128. The number of nitrogens with two attached hydrogens (primary N) is 2. The molecule has 4 aromatic rings. The highest BCUT2D eigenvalue weighted by atomic mass is 16.7. The van der Waals surface area contributed by atoms with Gasteiger partial charge in [0.25, 0.3) is 29.2 Å². The van der Waals surface area contributed by atoms with Crippen LogP contribution in [0.5, 0.6) is 0 Å². The number of nitrogens with zero attached hydrogens (tertiary/aromatic N) is 4. The SMILES string of the molecule is NNC(=O)COCCOCCNC(=O)CCC(NC(=O)c1ccc(NCc2cnc3nc(N)[nH]c(=O)c3n2)cc1)C(=O)O.O=Cc1ccc(C(=O)ON2C(=O)CCC2=O)cc1. The zero-order chi connectivity index (χ0) is 44.3. The van der Waals surface area contributed by atoms with Crippen molar-refractivity contribution in [3.63, 3.8) is 0 Å². The van der Waals surface area contributed by atoms with Crippen LogP contribution < -0.4 is 38.5 Å². The van der Waals surface area contributed by atoms with E-state index in [0.717, 1.165) is 0 Å². The predicted octanol–water partition coefficient (Wildman–Crippen LogP) is -1.27. The van der Waals surface area contributed by atoms with E-state index < -0.39 is 53.1 Å². The number of ether oxygens (including phenoxy) is 2. The molecular formula is C37H41N11O13. The number of carboxylic acid groups (broad SMARTS) is 1. The van der Waals surface area contributed by atoms with E-state index in [9.17, 15) is 48.3 Å².